The van der Waals surface area contributed by atoms with Crippen LogP contribution < -0.4 is 4.74 Å². The lowest BCUT2D eigenvalue weighted by Crippen LogP contribution is -1.98. The maximum atomic E-state index is 9.63. The van der Waals surface area contributed by atoms with Gasteiger partial charge >= 0.3 is 0 Å². The molecule has 1 aromatic heterocycles. The number of ether oxygens (including phenoxy) is 1. The molecule has 0 aliphatic heterocycles. The van der Waals surface area contributed by atoms with Gasteiger partial charge in [-0.15, -0.1) is 0 Å². The highest BCUT2D eigenvalue weighted by Crippen LogP contribution is 2.33. The molecule has 1 aromatic carbocycles. The van der Waals surface area contributed by atoms with E-state index in [2.05, 4.69) is 4.98 Å². The summed E-state index contributed by atoms with van der Waals surface area (Å²) in [6.45, 7) is 1.64. The summed E-state index contributed by atoms with van der Waals surface area (Å²) in [5, 5.41) is 10.6. The van der Waals surface area contributed by atoms with Gasteiger partial charge in [0.1, 0.15) is 5.75 Å². The Balaban J connectivity index is 2.37. The van der Waals surface area contributed by atoms with Gasteiger partial charge in [0, 0.05) is 22.8 Å². The summed E-state index contributed by atoms with van der Waals surface area (Å²) in [5.74, 6) is 0.724. The molecule has 0 fully saturated rings. The third-order valence-corrected chi connectivity index (χ3v) is 2.90. The van der Waals surface area contributed by atoms with E-state index in [9.17, 15) is 5.11 Å². The standard InChI is InChI=1S/C13H11Cl2NO2/c1-8(17)10-3-2-6-16-13(10)18-12-7-9(14)4-5-11(12)15/h2-8,17H,1H3/t8-/m0/s1. The summed E-state index contributed by atoms with van der Waals surface area (Å²) in [6, 6.07) is 8.39. The van der Waals surface area contributed by atoms with Crippen molar-refractivity contribution in [3.63, 3.8) is 0 Å². The zero-order valence-corrected chi connectivity index (χ0v) is 11.1. The van der Waals surface area contributed by atoms with Crippen molar-refractivity contribution in [1.82, 2.24) is 4.98 Å². The van der Waals surface area contributed by atoms with Crippen LogP contribution >= 0.6 is 23.2 Å². The highest BCUT2D eigenvalue weighted by molar-refractivity contribution is 6.34. The fourth-order valence-electron chi connectivity index (χ4n) is 1.47. The third-order valence-electron chi connectivity index (χ3n) is 2.35. The molecule has 1 heterocycles. The number of aliphatic hydroxyl groups is 1. The quantitative estimate of drug-likeness (QED) is 0.916. The van der Waals surface area contributed by atoms with Crippen LogP contribution in [0.2, 0.25) is 10.0 Å². The zero-order chi connectivity index (χ0) is 13.1. The minimum absolute atomic E-state index is 0.316. The number of pyridine rings is 1. The number of halogens is 2. The maximum Gasteiger partial charge on any atom is 0.225 e. The van der Waals surface area contributed by atoms with E-state index >= 15 is 0 Å². The van der Waals surface area contributed by atoms with Crippen LogP contribution in [0.25, 0.3) is 0 Å². The zero-order valence-electron chi connectivity index (χ0n) is 9.60. The van der Waals surface area contributed by atoms with Crippen LogP contribution in [-0.4, -0.2) is 10.1 Å². The first-order chi connectivity index (χ1) is 8.58. The van der Waals surface area contributed by atoms with Crippen LogP contribution in [0.3, 0.4) is 0 Å². The van der Waals surface area contributed by atoms with Crippen LogP contribution in [0.5, 0.6) is 11.6 Å². The second kappa shape index (κ2) is 5.57. The van der Waals surface area contributed by atoms with E-state index in [0.29, 0.717) is 27.2 Å². The van der Waals surface area contributed by atoms with E-state index in [4.69, 9.17) is 27.9 Å². The molecule has 0 bridgehead atoms. The Hall–Kier alpha value is -1.29. The lowest BCUT2D eigenvalue weighted by Gasteiger charge is -2.12. The van der Waals surface area contributed by atoms with Crippen molar-refractivity contribution in [1.29, 1.82) is 0 Å². The molecule has 0 amide bonds. The van der Waals surface area contributed by atoms with Crippen molar-refractivity contribution in [2.75, 3.05) is 0 Å². The minimum atomic E-state index is -0.674. The predicted molar refractivity (Wildman–Crippen MR) is 71.4 cm³/mol. The van der Waals surface area contributed by atoms with Gasteiger partial charge in [-0.2, -0.15) is 0 Å². The van der Waals surface area contributed by atoms with Crippen LogP contribution in [0.1, 0.15) is 18.6 Å². The van der Waals surface area contributed by atoms with Crippen LogP contribution in [-0.2, 0) is 0 Å². The molecule has 0 aliphatic carbocycles. The summed E-state index contributed by atoms with van der Waals surface area (Å²) >= 11 is 11.9. The Kier molecular flexibility index (Phi) is 4.07. The molecule has 94 valence electrons. The average Bonchev–Trinajstić information content (AvgIpc) is 2.34. The van der Waals surface area contributed by atoms with E-state index in [-0.39, 0.29) is 0 Å². The summed E-state index contributed by atoms with van der Waals surface area (Å²) in [7, 11) is 0. The number of aromatic nitrogens is 1. The Morgan fingerprint density at radius 1 is 1.28 bits per heavy atom. The monoisotopic (exact) mass is 283 g/mol. The smallest absolute Gasteiger partial charge is 0.225 e. The molecule has 0 spiro atoms. The van der Waals surface area contributed by atoms with E-state index in [0.717, 1.165) is 0 Å². The average molecular weight is 284 g/mol. The van der Waals surface area contributed by atoms with Gasteiger partial charge in [-0.25, -0.2) is 4.98 Å². The topological polar surface area (TPSA) is 42.4 Å². The lowest BCUT2D eigenvalue weighted by molar-refractivity contribution is 0.194. The fraction of sp³-hybridized carbons (Fsp3) is 0.154. The van der Waals surface area contributed by atoms with Crippen molar-refractivity contribution < 1.29 is 9.84 Å². The molecule has 2 aromatic rings. The molecule has 3 nitrogen and oxygen atoms in total. The van der Waals surface area contributed by atoms with Crippen LogP contribution in [0.4, 0.5) is 0 Å². The first-order valence-electron chi connectivity index (χ1n) is 5.34. The summed E-state index contributed by atoms with van der Waals surface area (Å²) in [5.41, 5.74) is 0.591. The molecule has 0 radical (unpaired) electrons. The molecule has 0 unspecified atom stereocenters. The second-order valence-corrected chi connectivity index (χ2v) is 4.59. The van der Waals surface area contributed by atoms with Gasteiger partial charge in [0.25, 0.3) is 0 Å². The Morgan fingerprint density at radius 2 is 2.06 bits per heavy atom. The molecule has 2 rings (SSSR count). The largest absolute Gasteiger partial charge is 0.437 e. The van der Waals surface area contributed by atoms with Gasteiger partial charge in [-0.1, -0.05) is 23.2 Å². The van der Waals surface area contributed by atoms with Crippen LogP contribution in [0, 0.1) is 0 Å². The lowest BCUT2D eigenvalue weighted by atomic mass is 10.2. The normalized spacial score (nSPS) is 12.2. The molecule has 18 heavy (non-hydrogen) atoms. The maximum absolute atomic E-state index is 9.63. The van der Waals surface area contributed by atoms with E-state index in [1.165, 1.54) is 0 Å². The first-order valence-corrected chi connectivity index (χ1v) is 6.09. The third kappa shape index (κ3) is 2.93. The number of hydrogen-bond donors (Lipinski definition) is 1. The van der Waals surface area contributed by atoms with Crippen molar-refractivity contribution in [2.45, 2.75) is 13.0 Å². The highest BCUT2D eigenvalue weighted by atomic mass is 35.5. The van der Waals surface area contributed by atoms with E-state index < -0.39 is 6.10 Å². The predicted octanol–water partition coefficient (Wildman–Crippen LogP) is 4.23. The highest BCUT2D eigenvalue weighted by Gasteiger charge is 2.12. The summed E-state index contributed by atoms with van der Waals surface area (Å²) in [4.78, 5) is 4.08. The van der Waals surface area contributed by atoms with Gasteiger partial charge in [-0.3, -0.25) is 0 Å². The SMILES string of the molecule is C[C@H](O)c1cccnc1Oc1cc(Cl)ccc1Cl. The summed E-state index contributed by atoms with van der Waals surface area (Å²) < 4.78 is 5.59. The van der Waals surface area contributed by atoms with Crippen LogP contribution in [0.15, 0.2) is 36.5 Å². The van der Waals surface area contributed by atoms with Gasteiger partial charge < -0.3 is 9.84 Å². The minimum Gasteiger partial charge on any atom is -0.437 e. The Bertz CT molecular complexity index is 558. The van der Waals surface area contributed by atoms with Crippen molar-refractivity contribution in [3.05, 3.63) is 52.1 Å². The molecular formula is C13H11Cl2NO2. The number of nitrogens with zero attached hydrogens (tertiary/aromatic N) is 1. The van der Waals surface area contributed by atoms with E-state index in [1.807, 2.05) is 0 Å². The molecule has 1 atom stereocenters. The number of rotatable bonds is 3. The van der Waals surface area contributed by atoms with Gasteiger partial charge in [0.2, 0.25) is 5.88 Å². The van der Waals surface area contributed by atoms with Crippen molar-refractivity contribution >= 4 is 23.2 Å². The van der Waals surface area contributed by atoms with Gasteiger partial charge in [0.15, 0.2) is 0 Å². The van der Waals surface area contributed by atoms with Gasteiger partial charge in [-0.05, 0) is 31.2 Å². The molecule has 0 saturated carbocycles. The molecule has 0 aliphatic rings. The Labute approximate surface area is 115 Å². The summed E-state index contributed by atoms with van der Waals surface area (Å²) in [6.07, 6.45) is 0.909. The molecule has 0 saturated heterocycles. The van der Waals surface area contributed by atoms with E-state index in [1.54, 1.807) is 43.5 Å². The molecule has 5 heteroatoms. The second-order valence-electron chi connectivity index (χ2n) is 3.75. The first kappa shape index (κ1) is 13.1. The van der Waals surface area contributed by atoms with Crippen molar-refractivity contribution in [2.24, 2.45) is 0 Å². The Morgan fingerprint density at radius 3 is 2.78 bits per heavy atom. The number of benzene rings is 1. The van der Waals surface area contributed by atoms with Crippen molar-refractivity contribution in [3.8, 4) is 11.6 Å². The van der Waals surface area contributed by atoms with Gasteiger partial charge in [0.05, 0.1) is 11.1 Å². The number of aliphatic hydroxyl groups excluding tert-OH is 1. The fourth-order valence-corrected chi connectivity index (χ4v) is 1.78. The molecular weight excluding hydrogens is 273 g/mol. The number of hydrogen-bond acceptors (Lipinski definition) is 3. The molecule has 1 N–H and O–H groups in total.